The first-order valence-corrected chi connectivity index (χ1v) is 6.66. The maximum absolute atomic E-state index is 14.1. The molecule has 0 spiro atoms. The van der Waals surface area contributed by atoms with E-state index in [0.29, 0.717) is 12.2 Å². The largest absolute Gasteiger partial charge is 0.381 e. The number of hydrogen-bond acceptors (Lipinski definition) is 3. The summed E-state index contributed by atoms with van der Waals surface area (Å²) < 4.78 is 15.5. The fraction of sp³-hybridized carbons (Fsp3) is 0.125. The van der Waals surface area contributed by atoms with Gasteiger partial charge >= 0.3 is 0 Å². The van der Waals surface area contributed by atoms with Crippen molar-refractivity contribution in [2.75, 3.05) is 5.32 Å². The van der Waals surface area contributed by atoms with Gasteiger partial charge in [0.2, 0.25) is 0 Å². The fourth-order valence-electron chi connectivity index (χ4n) is 2.05. The number of rotatable bonds is 4. The van der Waals surface area contributed by atoms with Gasteiger partial charge in [-0.05, 0) is 30.7 Å². The average Bonchev–Trinajstić information content (AvgIpc) is 3.01. The number of nitrogens with one attached hydrogen (secondary N) is 1. The van der Waals surface area contributed by atoms with Crippen LogP contribution < -0.4 is 5.32 Å². The summed E-state index contributed by atoms with van der Waals surface area (Å²) in [5, 5.41) is 7.13. The van der Waals surface area contributed by atoms with Crippen LogP contribution in [0.25, 0.3) is 5.69 Å². The Bertz CT molecular complexity index is 721. The van der Waals surface area contributed by atoms with Crippen molar-refractivity contribution in [3.8, 4) is 5.69 Å². The summed E-state index contributed by atoms with van der Waals surface area (Å²) in [5.41, 5.74) is 3.49. The van der Waals surface area contributed by atoms with E-state index < -0.39 is 0 Å². The van der Waals surface area contributed by atoms with Gasteiger partial charge in [0, 0.05) is 12.2 Å². The van der Waals surface area contributed by atoms with Gasteiger partial charge in [-0.15, -0.1) is 0 Å². The molecule has 3 aromatic rings. The van der Waals surface area contributed by atoms with Crippen molar-refractivity contribution in [2.24, 2.45) is 0 Å². The van der Waals surface area contributed by atoms with Crippen molar-refractivity contribution in [2.45, 2.75) is 13.5 Å². The zero-order chi connectivity index (χ0) is 14.7. The van der Waals surface area contributed by atoms with E-state index in [1.807, 2.05) is 6.07 Å². The van der Waals surface area contributed by atoms with Crippen LogP contribution in [0, 0.1) is 12.7 Å². The van der Waals surface area contributed by atoms with Gasteiger partial charge in [-0.1, -0.05) is 29.8 Å². The molecule has 3 rings (SSSR count). The van der Waals surface area contributed by atoms with Gasteiger partial charge in [-0.2, -0.15) is 5.10 Å². The molecule has 0 bridgehead atoms. The second-order valence-corrected chi connectivity index (χ2v) is 4.85. The minimum atomic E-state index is -0.339. The highest BCUT2D eigenvalue weighted by Gasteiger charge is 2.06. The smallest absolute Gasteiger partial charge is 0.150 e. The molecular formula is C16H15FN4. The second kappa shape index (κ2) is 5.75. The molecule has 1 aromatic heterocycles. The molecule has 106 valence electrons. The van der Waals surface area contributed by atoms with E-state index in [9.17, 15) is 4.39 Å². The Kier molecular flexibility index (Phi) is 3.64. The summed E-state index contributed by atoms with van der Waals surface area (Å²) in [5.74, 6) is -0.339. The summed E-state index contributed by atoms with van der Waals surface area (Å²) >= 11 is 0. The SMILES string of the molecule is Cc1ccc(CNc2ccc(-n3cncn3)c(F)c2)cc1. The Labute approximate surface area is 122 Å². The molecule has 0 unspecified atom stereocenters. The predicted octanol–water partition coefficient (Wildman–Crippen LogP) is 3.33. The number of aromatic nitrogens is 3. The Balaban J connectivity index is 1.72. The Morgan fingerprint density at radius 3 is 2.62 bits per heavy atom. The summed E-state index contributed by atoms with van der Waals surface area (Å²) in [6.07, 6.45) is 2.85. The number of nitrogens with zero attached hydrogens (tertiary/aromatic N) is 3. The van der Waals surface area contributed by atoms with Crippen molar-refractivity contribution in [3.05, 3.63) is 72.1 Å². The summed E-state index contributed by atoms with van der Waals surface area (Å²) in [6.45, 7) is 2.71. The van der Waals surface area contributed by atoms with E-state index in [-0.39, 0.29) is 5.82 Å². The summed E-state index contributed by atoms with van der Waals surface area (Å²) in [4.78, 5) is 3.81. The number of halogens is 1. The predicted molar refractivity (Wildman–Crippen MR) is 79.8 cm³/mol. The van der Waals surface area contributed by atoms with Crippen molar-refractivity contribution in [1.29, 1.82) is 0 Å². The molecule has 0 saturated heterocycles. The van der Waals surface area contributed by atoms with Crippen LogP contribution in [-0.4, -0.2) is 14.8 Å². The molecule has 0 aliphatic heterocycles. The Morgan fingerprint density at radius 2 is 1.95 bits per heavy atom. The first-order valence-electron chi connectivity index (χ1n) is 6.66. The highest BCUT2D eigenvalue weighted by Crippen LogP contribution is 2.18. The molecule has 5 heteroatoms. The monoisotopic (exact) mass is 282 g/mol. The van der Waals surface area contributed by atoms with Gasteiger partial charge in [0.05, 0.1) is 0 Å². The van der Waals surface area contributed by atoms with Crippen molar-refractivity contribution < 1.29 is 4.39 Å². The molecule has 0 saturated carbocycles. The quantitative estimate of drug-likeness (QED) is 0.798. The van der Waals surface area contributed by atoms with Crippen molar-refractivity contribution in [1.82, 2.24) is 14.8 Å². The maximum Gasteiger partial charge on any atom is 0.150 e. The topological polar surface area (TPSA) is 42.7 Å². The van der Waals surface area contributed by atoms with Crippen LogP contribution in [0.5, 0.6) is 0 Å². The van der Waals surface area contributed by atoms with Crippen LogP contribution in [0.3, 0.4) is 0 Å². The summed E-state index contributed by atoms with van der Waals surface area (Å²) in [7, 11) is 0. The number of hydrogen-bond donors (Lipinski definition) is 1. The second-order valence-electron chi connectivity index (χ2n) is 4.85. The highest BCUT2D eigenvalue weighted by molar-refractivity contribution is 5.49. The van der Waals surface area contributed by atoms with Crippen LogP contribution in [0.1, 0.15) is 11.1 Å². The van der Waals surface area contributed by atoms with Gasteiger partial charge in [0.25, 0.3) is 0 Å². The zero-order valence-electron chi connectivity index (χ0n) is 11.6. The Morgan fingerprint density at radius 1 is 1.14 bits per heavy atom. The third kappa shape index (κ3) is 3.08. The van der Waals surface area contributed by atoms with E-state index in [1.165, 1.54) is 29.0 Å². The van der Waals surface area contributed by atoms with Gasteiger partial charge in [-0.25, -0.2) is 14.1 Å². The number of aryl methyl sites for hydroxylation is 1. The van der Waals surface area contributed by atoms with E-state index in [1.54, 1.807) is 6.07 Å². The number of anilines is 1. The van der Waals surface area contributed by atoms with E-state index in [0.717, 1.165) is 11.3 Å². The van der Waals surface area contributed by atoms with Crippen molar-refractivity contribution >= 4 is 5.69 Å². The first-order chi connectivity index (χ1) is 10.2. The third-order valence-corrected chi connectivity index (χ3v) is 3.23. The van der Waals surface area contributed by atoms with Crippen LogP contribution in [0.15, 0.2) is 55.1 Å². The minimum Gasteiger partial charge on any atom is -0.381 e. The van der Waals surface area contributed by atoms with Crippen LogP contribution in [0.4, 0.5) is 10.1 Å². The lowest BCUT2D eigenvalue weighted by Crippen LogP contribution is -2.02. The standard InChI is InChI=1S/C16H15FN4/c1-12-2-4-13(5-3-12)9-19-14-6-7-16(15(17)8-14)21-11-18-10-20-21/h2-8,10-11,19H,9H2,1H3. The Hall–Kier alpha value is -2.69. The van der Waals surface area contributed by atoms with E-state index in [2.05, 4.69) is 46.6 Å². The molecule has 0 atom stereocenters. The van der Waals surface area contributed by atoms with Gasteiger partial charge in [0.1, 0.15) is 18.3 Å². The van der Waals surface area contributed by atoms with Gasteiger partial charge in [-0.3, -0.25) is 0 Å². The molecule has 0 aliphatic carbocycles. The molecule has 4 nitrogen and oxygen atoms in total. The highest BCUT2D eigenvalue weighted by atomic mass is 19.1. The van der Waals surface area contributed by atoms with E-state index >= 15 is 0 Å². The first kappa shape index (κ1) is 13.3. The molecule has 21 heavy (non-hydrogen) atoms. The maximum atomic E-state index is 14.1. The molecule has 0 amide bonds. The normalized spacial score (nSPS) is 10.6. The molecule has 0 radical (unpaired) electrons. The zero-order valence-corrected chi connectivity index (χ0v) is 11.6. The number of benzene rings is 2. The average molecular weight is 282 g/mol. The lowest BCUT2D eigenvalue weighted by atomic mass is 10.1. The minimum absolute atomic E-state index is 0.339. The molecular weight excluding hydrogens is 267 g/mol. The molecule has 0 fully saturated rings. The van der Waals surface area contributed by atoms with Gasteiger partial charge in [0.15, 0.2) is 5.82 Å². The molecule has 2 aromatic carbocycles. The van der Waals surface area contributed by atoms with E-state index in [4.69, 9.17) is 0 Å². The van der Waals surface area contributed by atoms with Crippen LogP contribution in [-0.2, 0) is 6.54 Å². The lowest BCUT2D eigenvalue weighted by molar-refractivity contribution is 0.611. The molecule has 1 heterocycles. The lowest BCUT2D eigenvalue weighted by Gasteiger charge is -2.09. The van der Waals surface area contributed by atoms with Crippen molar-refractivity contribution in [3.63, 3.8) is 0 Å². The fourth-order valence-corrected chi connectivity index (χ4v) is 2.05. The van der Waals surface area contributed by atoms with Gasteiger partial charge < -0.3 is 5.32 Å². The van der Waals surface area contributed by atoms with Crippen LogP contribution >= 0.6 is 0 Å². The third-order valence-electron chi connectivity index (χ3n) is 3.23. The molecule has 0 aliphatic rings. The summed E-state index contributed by atoms with van der Waals surface area (Å²) in [6, 6.07) is 13.2. The molecule has 1 N–H and O–H groups in total. The van der Waals surface area contributed by atoms with Crippen LogP contribution in [0.2, 0.25) is 0 Å².